The van der Waals surface area contributed by atoms with Gasteiger partial charge in [-0.25, -0.2) is 0 Å². The van der Waals surface area contributed by atoms with Gasteiger partial charge in [-0.2, -0.15) is 0 Å². The summed E-state index contributed by atoms with van der Waals surface area (Å²) in [6.07, 6.45) is 0. The summed E-state index contributed by atoms with van der Waals surface area (Å²) in [5, 5.41) is 6.18. The second kappa shape index (κ2) is 8.89. The van der Waals surface area contributed by atoms with E-state index in [2.05, 4.69) is 20.4 Å². The lowest BCUT2D eigenvalue weighted by atomic mass is 10.2. The molecule has 1 atom stereocenters. The van der Waals surface area contributed by atoms with Crippen molar-refractivity contribution in [3.8, 4) is 0 Å². The minimum atomic E-state index is -0.512. The Morgan fingerprint density at radius 3 is 2.50 bits per heavy atom. The lowest BCUT2D eigenvalue weighted by Gasteiger charge is -2.36. The number of piperazine rings is 1. The molecule has 0 bridgehead atoms. The van der Waals surface area contributed by atoms with E-state index >= 15 is 0 Å². The molecule has 1 aliphatic heterocycles. The molecule has 2 amide bonds. The van der Waals surface area contributed by atoms with Crippen molar-refractivity contribution in [3.63, 3.8) is 0 Å². The number of para-hydroxylation sites is 1. The van der Waals surface area contributed by atoms with E-state index in [0.29, 0.717) is 13.1 Å². The Bertz CT molecular complexity index is 573. The van der Waals surface area contributed by atoms with E-state index in [9.17, 15) is 9.59 Å². The van der Waals surface area contributed by atoms with Gasteiger partial charge in [-0.3, -0.25) is 14.5 Å². The Morgan fingerprint density at radius 1 is 1.21 bits per heavy atom. The van der Waals surface area contributed by atoms with Crippen LogP contribution in [0.5, 0.6) is 0 Å². The van der Waals surface area contributed by atoms with Crippen LogP contribution < -0.4 is 15.5 Å². The molecule has 2 N–H and O–H groups in total. The lowest BCUT2D eigenvalue weighted by Crippen LogP contribution is -2.52. The first-order valence-electron chi connectivity index (χ1n) is 8.30. The molecule has 1 aliphatic rings. The van der Waals surface area contributed by atoms with Crippen LogP contribution in [0, 0.1) is 0 Å². The molecular formula is C17H25ClN4O2. The number of hydrogen-bond acceptors (Lipinski definition) is 4. The molecule has 0 spiro atoms. The molecule has 0 unspecified atom stereocenters. The molecular weight excluding hydrogens is 328 g/mol. The first-order valence-corrected chi connectivity index (χ1v) is 8.68. The highest BCUT2D eigenvalue weighted by Crippen LogP contribution is 2.25. The molecule has 6 nitrogen and oxygen atoms in total. The zero-order valence-corrected chi connectivity index (χ0v) is 15.0. The van der Waals surface area contributed by atoms with Crippen LogP contribution in [0.1, 0.15) is 13.8 Å². The number of amides is 2. The zero-order chi connectivity index (χ0) is 17.5. The largest absolute Gasteiger partial charge is 0.368 e. The summed E-state index contributed by atoms with van der Waals surface area (Å²) in [7, 11) is 0. The van der Waals surface area contributed by atoms with Crippen LogP contribution in [0.4, 0.5) is 5.69 Å². The predicted molar refractivity (Wildman–Crippen MR) is 96.4 cm³/mol. The molecule has 1 saturated heterocycles. The highest BCUT2D eigenvalue weighted by molar-refractivity contribution is 6.33. The van der Waals surface area contributed by atoms with Crippen molar-refractivity contribution in [2.75, 3.05) is 44.2 Å². The van der Waals surface area contributed by atoms with E-state index in [0.717, 1.165) is 36.9 Å². The van der Waals surface area contributed by atoms with Gasteiger partial charge in [0.25, 0.3) is 0 Å². The number of carbonyl (C=O) groups excluding carboxylic acids is 2. The van der Waals surface area contributed by atoms with Gasteiger partial charge in [-0.1, -0.05) is 23.7 Å². The fraction of sp³-hybridized carbons (Fsp3) is 0.529. The summed E-state index contributed by atoms with van der Waals surface area (Å²) < 4.78 is 0. The fourth-order valence-corrected chi connectivity index (χ4v) is 2.99. The average Bonchev–Trinajstić information content (AvgIpc) is 2.56. The van der Waals surface area contributed by atoms with Crippen LogP contribution in [0.2, 0.25) is 5.02 Å². The molecule has 0 saturated carbocycles. The van der Waals surface area contributed by atoms with Crippen LogP contribution in [0.3, 0.4) is 0 Å². The Kier molecular flexibility index (Phi) is 6.87. The first kappa shape index (κ1) is 18.5. The Hall–Kier alpha value is -1.79. The second-order valence-electron chi connectivity index (χ2n) is 5.90. The molecule has 1 fully saturated rings. The van der Waals surface area contributed by atoms with E-state index in [1.807, 2.05) is 31.2 Å². The van der Waals surface area contributed by atoms with Gasteiger partial charge in [0.05, 0.1) is 17.3 Å². The van der Waals surface area contributed by atoms with Gasteiger partial charge in [0.2, 0.25) is 11.8 Å². The monoisotopic (exact) mass is 352 g/mol. The summed E-state index contributed by atoms with van der Waals surface area (Å²) >= 11 is 6.23. The van der Waals surface area contributed by atoms with Gasteiger partial charge in [0.1, 0.15) is 6.04 Å². The van der Waals surface area contributed by atoms with Crippen molar-refractivity contribution in [2.45, 2.75) is 19.9 Å². The van der Waals surface area contributed by atoms with E-state index in [1.54, 1.807) is 6.92 Å². The Morgan fingerprint density at radius 2 is 1.88 bits per heavy atom. The number of anilines is 1. The topological polar surface area (TPSA) is 64.7 Å². The molecule has 1 aromatic rings. The van der Waals surface area contributed by atoms with Crippen molar-refractivity contribution in [3.05, 3.63) is 29.3 Å². The maximum absolute atomic E-state index is 12.1. The summed E-state index contributed by atoms with van der Waals surface area (Å²) in [4.78, 5) is 28.0. The minimum Gasteiger partial charge on any atom is -0.368 e. The van der Waals surface area contributed by atoms with Gasteiger partial charge in [-0.05, 0) is 26.0 Å². The molecule has 1 aromatic carbocycles. The first-order chi connectivity index (χ1) is 11.5. The van der Waals surface area contributed by atoms with Gasteiger partial charge < -0.3 is 15.5 Å². The molecule has 24 heavy (non-hydrogen) atoms. The maximum atomic E-state index is 12.1. The number of carbonyl (C=O) groups is 2. The summed E-state index contributed by atoms with van der Waals surface area (Å²) in [5.41, 5.74) is 1.04. The molecule has 132 valence electrons. The van der Waals surface area contributed by atoms with Crippen molar-refractivity contribution < 1.29 is 9.59 Å². The van der Waals surface area contributed by atoms with E-state index in [4.69, 9.17) is 11.6 Å². The second-order valence-corrected chi connectivity index (χ2v) is 6.31. The quantitative estimate of drug-likeness (QED) is 0.804. The number of rotatable bonds is 6. The van der Waals surface area contributed by atoms with Crippen molar-refractivity contribution >= 4 is 29.1 Å². The number of hydrogen-bond donors (Lipinski definition) is 2. The van der Waals surface area contributed by atoms with Crippen LogP contribution >= 0.6 is 11.6 Å². The van der Waals surface area contributed by atoms with Crippen molar-refractivity contribution in [1.82, 2.24) is 15.5 Å². The normalized spacial score (nSPS) is 16.5. The highest BCUT2D eigenvalue weighted by Gasteiger charge is 2.22. The molecule has 2 rings (SSSR count). The van der Waals surface area contributed by atoms with E-state index in [1.165, 1.54) is 0 Å². The molecule has 0 radical (unpaired) electrons. The Balaban J connectivity index is 1.77. The number of nitrogens with one attached hydrogen (secondary N) is 2. The molecule has 0 aromatic heterocycles. The fourth-order valence-electron chi connectivity index (χ4n) is 2.74. The van der Waals surface area contributed by atoms with Crippen molar-refractivity contribution in [2.24, 2.45) is 0 Å². The predicted octanol–water partition coefficient (Wildman–Crippen LogP) is 1.10. The van der Waals surface area contributed by atoms with Crippen molar-refractivity contribution in [1.29, 1.82) is 0 Å². The standard InChI is InChI=1S/C17H25ClN4O2/c1-3-19-17(24)13(2)20-16(23)12-21-8-10-22(11-9-21)15-7-5-4-6-14(15)18/h4-7,13H,3,8-12H2,1-2H3,(H,19,24)(H,20,23)/t13-/m0/s1. The van der Waals surface area contributed by atoms with Crippen LogP contribution in [-0.4, -0.2) is 62.0 Å². The van der Waals surface area contributed by atoms with Crippen LogP contribution in [0.25, 0.3) is 0 Å². The third kappa shape index (κ3) is 5.11. The minimum absolute atomic E-state index is 0.125. The maximum Gasteiger partial charge on any atom is 0.242 e. The van der Waals surface area contributed by atoms with Gasteiger partial charge in [0, 0.05) is 32.7 Å². The zero-order valence-electron chi connectivity index (χ0n) is 14.2. The van der Waals surface area contributed by atoms with Gasteiger partial charge in [-0.15, -0.1) is 0 Å². The highest BCUT2D eigenvalue weighted by atomic mass is 35.5. The number of nitrogens with zero attached hydrogens (tertiary/aromatic N) is 2. The van der Waals surface area contributed by atoms with Crippen LogP contribution in [-0.2, 0) is 9.59 Å². The number of halogens is 1. The Labute approximate surface area is 148 Å². The number of likely N-dealkylation sites (N-methyl/N-ethyl adjacent to an activating group) is 1. The third-order valence-corrected chi connectivity index (χ3v) is 4.37. The molecule has 1 heterocycles. The average molecular weight is 353 g/mol. The summed E-state index contributed by atoms with van der Waals surface area (Å²) in [6.45, 7) is 7.63. The van der Waals surface area contributed by atoms with Crippen LogP contribution in [0.15, 0.2) is 24.3 Å². The number of benzene rings is 1. The van der Waals surface area contributed by atoms with E-state index < -0.39 is 6.04 Å². The van der Waals surface area contributed by atoms with E-state index in [-0.39, 0.29) is 11.8 Å². The van der Waals surface area contributed by atoms with Gasteiger partial charge in [0.15, 0.2) is 0 Å². The lowest BCUT2D eigenvalue weighted by molar-refractivity contribution is -0.129. The SMILES string of the molecule is CCNC(=O)[C@H](C)NC(=O)CN1CCN(c2ccccc2Cl)CC1. The summed E-state index contributed by atoms with van der Waals surface area (Å²) in [5.74, 6) is -0.283. The van der Waals surface area contributed by atoms with Gasteiger partial charge >= 0.3 is 0 Å². The molecule has 7 heteroatoms. The summed E-state index contributed by atoms with van der Waals surface area (Å²) in [6, 6.07) is 7.28. The molecule has 0 aliphatic carbocycles. The smallest absolute Gasteiger partial charge is 0.242 e. The third-order valence-electron chi connectivity index (χ3n) is 4.05.